The molecule has 0 saturated carbocycles. The van der Waals surface area contributed by atoms with E-state index in [0.29, 0.717) is 17.1 Å². The molecule has 124 valence electrons. The zero-order chi connectivity index (χ0) is 17.4. The molecule has 0 aliphatic heterocycles. The molecule has 1 heterocycles. The summed E-state index contributed by atoms with van der Waals surface area (Å²) in [6, 6.07) is 19.1. The maximum atomic E-state index is 13.6. The van der Waals surface area contributed by atoms with E-state index in [1.54, 1.807) is 12.1 Å². The number of benzene rings is 3. The third-order valence-corrected chi connectivity index (χ3v) is 4.30. The Bertz CT molecular complexity index is 1060. The van der Waals surface area contributed by atoms with Crippen molar-refractivity contribution in [2.45, 2.75) is 6.54 Å². The summed E-state index contributed by atoms with van der Waals surface area (Å²) in [4.78, 5) is 4.70. The lowest BCUT2D eigenvalue weighted by atomic mass is 10.2. The van der Waals surface area contributed by atoms with Gasteiger partial charge in [0, 0.05) is 17.1 Å². The largest absolute Gasteiger partial charge is 0.319 e. The van der Waals surface area contributed by atoms with Crippen LogP contribution in [0.2, 0.25) is 5.02 Å². The number of nitrogens with zero attached hydrogens (tertiary/aromatic N) is 2. The van der Waals surface area contributed by atoms with Crippen molar-refractivity contribution in [3.05, 3.63) is 89.0 Å². The molecule has 0 saturated heterocycles. The van der Waals surface area contributed by atoms with Crippen LogP contribution in [0.4, 0.5) is 8.78 Å². The summed E-state index contributed by atoms with van der Waals surface area (Å²) in [5.74, 6) is -0.964. The van der Waals surface area contributed by atoms with Gasteiger partial charge in [0.05, 0.1) is 11.0 Å². The number of fused-ring (bicyclic) bond motifs is 1. The smallest absolute Gasteiger partial charge is 0.159 e. The molecule has 1 aromatic heterocycles. The zero-order valence-corrected chi connectivity index (χ0v) is 13.8. The molecule has 2 nitrogen and oxygen atoms in total. The number of hydrogen-bond donors (Lipinski definition) is 0. The van der Waals surface area contributed by atoms with Crippen molar-refractivity contribution >= 4 is 22.6 Å². The van der Waals surface area contributed by atoms with E-state index in [4.69, 9.17) is 16.6 Å². The highest BCUT2D eigenvalue weighted by molar-refractivity contribution is 6.31. The maximum absolute atomic E-state index is 13.6. The van der Waals surface area contributed by atoms with Crippen LogP contribution in [-0.4, -0.2) is 9.55 Å². The van der Waals surface area contributed by atoms with E-state index in [1.165, 1.54) is 6.07 Å². The molecule has 0 aliphatic rings. The molecule has 0 amide bonds. The average Bonchev–Trinajstić information content (AvgIpc) is 2.97. The summed E-state index contributed by atoms with van der Waals surface area (Å²) in [5, 5.41) is 0.596. The van der Waals surface area contributed by atoms with Crippen molar-refractivity contribution < 1.29 is 8.78 Å². The number of rotatable bonds is 3. The predicted molar refractivity (Wildman–Crippen MR) is 95.6 cm³/mol. The molecule has 4 aromatic rings. The van der Waals surface area contributed by atoms with Crippen LogP contribution < -0.4 is 0 Å². The highest BCUT2D eigenvalue weighted by atomic mass is 35.5. The van der Waals surface area contributed by atoms with Gasteiger partial charge in [-0.3, -0.25) is 0 Å². The second-order valence-corrected chi connectivity index (χ2v) is 6.21. The number of imidazole rings is 1. The Morgan fingerprint density at radius 2 is 1.68 bits per heavy atom. The second kappa shape index (κ2) is 6.30. The molecule has 0 fully saturated rings. The molecule has 0 radical (unpaired) electrons. The fourth-order valence-electron chi connectivity index (χ4n) is 2.88. The lowest BCUT2D eigenvalue weighted by Gasteiger charge is -2.10. The van der Waals surface area contributed by atoms with Crippen LogP contribution in [0, 0.1) is 11.6 Å². The Balaban J connectivity index is 1.90. The fourth-order valence-corrected chi connectivity index (χ4v) is 3.05. The van der Waals surface area contributed by atoms with E-state index in [9.17, 15) is 8.78 Å². The molecular formula is C20H13ClF2N2. The van der Waals surface area contributed by atoms with Crippen LogP contribution in [0.25, 0.3) is 22.4 Å². The Kier molecular flexibility index (Phi) is 3.98. The van der Waals surface area contributed by atoms with Crippen LogP contribution in [-0.2, 0) is 6.54 Å². The van der Waals surface area contributed by atoms with E-state index in [-0.39, 0.29) is 0 Å². The highest BCUT2D eigenvalue weighted by Gasteiger charge is 2.14. The van der Waals surface area contributed by atoms with Gasteiger partial charge in [0.1, 0.15) is 5.82 Å². The van der Waals surface area contributed by atoms with Gasteiger partial charge in [-0.05, 0) is 35.9 Å². The molecular weight excluding hydrogens is 342 g/mol. The van der Waals surface area contributed by atoms with Gasteiger partial charge in [0.25, 0.3) is 0 Å². The topological polar surface area (TPSA) is 17.8 Å². The first kappa shape index (κ1) is 15.8. The monoisotopic (exact) mass is 354 g/mol. The van der Waals surface area contributed by atoms with Gasteiger partial charge in [0.2, 0.25) is 0 Å². The Morgan fingerprint density at radius 1 is 0.880 bits per heavy atom. The quantitative estimate of drug-likeness (QED) is 0.462. The van der Waals surface area contributed by atoms with Crippen LogP contribution in [0.1, 0.15) is 5.56 Å². The SMILES string of the molecule is Fc1ccc(Cn2c(-c3ccccc3)nc3ccc(Cl)cc32)cc1F. The summed E-state index contributed by atoms with van der Waals surface area (Å²) in [6.07, 6.45) is 0. The molecule has 0 N–H and O–H groups in total. The molecule has 0 atom stereocenters. The van der Waals surface area contributed by atoms with Gasteiger partial charge in [-0.1, -0.05) is 48.0 Å². The van der Waals surface area contributed by atoms with Crippen LogP contribution in [0.3, 0.4) is 0 Å². The van der Waals surface area contributed by atoms with Crippen molar-refractivity contribution in [3.63, 3.8) is 0 Å². The van der Waals surface area contributed by atoms with Gasteiger partial charge < -0.3 is 4.57 Å². The lowest BCUT2D eigenvalue weighted by molar-refractivity contribution is 0.506. The normalized spacial score (nSPS) is 11.2. The Labute approximate surface area is 148 Å². The van der Waals surface area contributed by atoms with Gasteiger partial charge in [-0.2, -0.15) is 0 Å². The highest BCUT2D eigenvalue weighted by Crippen LogP contribution is 2.28. The van der Waals surface area contributed by atoms with Crippen molar-refractivity contribution in [2.75, 3.05) is 0 Å². The third-order valence-electron chi connectivity index (χ3n) is 4.07. The van der Waals surface area contributed by atoms with Crippen LogP contribution in [0.5, 0.6) is 0 Å². The summed E-state index contributed by atoms with van der Waals surface area (Å²) >= 11 is 6.14. The van der Waals surface area contributed by atoms with Gasteiger partial charge in [-0.15, -0.1) is 0 Å². The minimum atomic E-state index is -0.860. The minimum Gasteiger partial charge on any atom is -0.319 e. The summed E-state index contributed by atoms with van der Waals surface area (Å²) in [5.41, 5.74) is 3.23. The van der Waals surface area contributed by atoms with Crippen molar-refractivity contribution in [3.8, 4) is 11.4 Å². The minimum absolute atomic E-state index is 0.359. The van der Waals surface area contributed by atoms with Gasteiger partial charge >= 0.3 is 0 Å². The van der Waals surface area contributed by atoms with E-state index in [1.807, 2.05) is 47.0 Å². The van der Waals surface area contributed by atoms with Gasteiger partial charge in [0.15, 0.2) is 11.6 Å². The van der Waals surface area contributed by atoms with Crippen LogP contribution in [0.15, 0.2) is 66.7 Å². The molecule has 0 unspecified atom stereocenters. The maximum Gasteiger partial charge on any atom is 0.159 e. The summed E-state index contributed by atoms with van der Waals surface area (Å²) in [7, 11) is 0. The van der Waals surface area contributed by atoms with Crippen molar-refractivity contribution in [1.29, 1.82) is 0 Å². The second-order valence-electron chi connectivity index (χ2n) is 5.77. The number of aromatic nitrogens is 2. The standard InChI is InChI=1S/C20H13ClF2N2/c21-15-7-9-18-19(11-15)25(12-13-6-8-16(22)17(23)10-13)20(24-18)14-4-2-1-3-5-14/h1-11H,12H2. The van der Waals surface area contributed by atoms with Crippen LogP contribution >= 0.6 is 11.6 Å². The van der Waals surface area contributed by atoms with Gasteiger partial charge in [-0.25, -0.2) is 13.8 Å². The van der Waals surface area contributed by atoms with Crippen molar-refractivity contribution in [1.82, 2.24) is 9.55 Å². The Hall–Kier alpha value is -2.72. The first-order valence-corrected chi connectivity index (χ1v) is 8.15. The first-order chi connectivity index (χ1) is 12.1. The summed E-state index contributed by atoms with van der Waals surface area (Å²) in [6.45, 7) is 0.359. The lowest BCUT2D eigenvalue weighted by Crippen LogP contribution is -2.03. The van der Waals surface area contributed by atoms with E-state index in [0.717, 1.165) is 28.5 Å². The molecule has 0 spiro atoms. The average molecular weight is 355 g/mol. The fraction of sp³-hybridized carbons (Fsp3) is 0.0500. The molecule has 5 heteroatoms. The third kappa shape index (κ3) is 3.01. The van der Waals surface area contributed by atoms with Crippen molar-refractivity contribution in [2.24, 2.45) is 0 Å². The predicted octanol–water partition coefficient (Wildman–Crippen LogP) is 5.68. The molecule has 25 heavy (non-hydrogen) atoms. The summed E-state index contributed by atoms with van der Waals surface area (Å²) < 4.78 is 28.8. The first-order valence-electron chi connectivity index (χ1n) is 7.77. The van der Waals surface area contributed by atoms with E-state index < -0.39 is 11.6 Å². The zero-order valence-electron chi connectivity index (χ0n) is 13.1. The Morgan fingerprint density at radius 3 is 2.44 bits per heavy atom. The van der Waals surface area contributed by atoms with E-state index in [2.05, 4.69) is 0 Å². The number of hydrogen-bond acceptors (Lipinski definition) is 1. The van der Waals surface area contributed by atoms with E-state index >= 15 is 0 Å². The molecule has 4 rings (SSSR count). The molecule has 3 aromatic carbocycles. The molecule has 0 aliphatic carbocycles. The molecule has 0 bridgehead atoms. The number of halogens is 3.